The monoisotopic (exact) mass is 282 g/mol. The molecule has 0 saturated carbocycles. The molecule has 0 bridgehead atoms. The average Bonchev–Trinajstić information content (AvgIpc) is 2.45. The number of ketones is 1. The topological polar surface area (TPSA) is 63.6 Å². The summed E-state index contributed by atoms with van der Waals surface area (Å²) in [7, 11) is 0. The maximum atomic E-state index is 12.0. The number of carbonyl (C=O) groups is 2. The summed E-state index contributed by atoms with van der Waals surface area (Å²) in [5, 5.41) is 9.83. The Morgan fingerprint density at radius 1 is 1.10 bits per heavy atom. The van der Waals surface area contributed by atoms with Crippen molar-refractivity contribution in [3.63, 3.8) is 0 Å². The van der Waals surface area contributed by atoms with E-state index in [0.717, 1.165) is 5.56 Å². The number of esters is 1. The van der Waals surface area contributed by atoms with Crippen molar-refractivity contribution in [1.29, 1.82) is 0 Å². The van der Waals surface area contributed by atoms with Crippen LogP contribution in [-0.2, 0) is 4.79 Å². The van der Waals surface area contributed by atoms with E-state index in [9.17, 15) is 14.7 Å². The zero-order valence-corrected chi connectivity index (χ0v) is 11.4. The van der Waals surface area contributed by atoms with Crippen molar-refractivity contribution in [2.75, 3.05) is 0 Å². The van der Waals surface area contributed by atoms with Crippen LogP contribution in [0.3, 0.4) is 0 Å². The molecule has 0 atom stereocenters. The fourth-order valence-electron chi connectivity index (χ4n) is 1.78. The summed E-state index contributed by atoms with van der Waals surface area (Å²) in [5.74, 6) is -0.844. The molecule has 106 valence electrons. The number of phenolic OH excluding ortho intramolecular Hbond substituents is 1. The van der Waals surface area contributed by atoms with Gasteiger partial charge in [0.1, 0.15) is 11.5 Å². The zero-order chi connectivity index (χ0) is 15.2. The van der Waals surface area contributed by atoms with Crippen molar-refractivity contribution < 1.29 is 19.4 Å². The van der Waals surface area contributed by atoms with Gasteiger partial charge in [-0.15, -0.1) is 0 Å². The lowest BCUT2D eigenvalue weighted by molar-refractivity contribution is -0.131. The second kappa shape index (κ2) is 6.52. The zero-order valence-electron chi connectivity index (χ0n) is 11.4. The van der Waals surface area contributed by atoms with E-state index in [1.165, 1.54) is 31.2 Å². The SMILES string of the molecule is CC(=O)Oc1ccc(C(=O)/C=C/c2ccccc2)c(O)c1. The molecule has 0 aromatic heterocycles. The number of hydrogen-bond donors (Lipinski definition) is 1. The molecule has 0 saturated heterocycles. The van der Waals surface area contributed by atoms with E-state index in [0.29, 0.717) is 0 Å². The van der Waals surface area contributed by atoms with Gasteiger partial charge in [-0.2, -0.15) is 0 Å². The Morgan fingerprint density at radius 2 is 1.81 bits per heavy atom. The minimum absolute atomic E-state index is 0.151. The Kier molecular flexibility index (Phi) is 4.51. The van der Waals surface area contributed by atoms with Gasteiger partial charge in [-0.05, 0) is 23.8 Å². The largest absolute Gasteiger partial charge is 0.507 e. The van der Waals surface area contributed by atoms with E-state index in [1.54, 1.807) is 6.08 Å². The third kappa shape index (κ3) is 4.04. The predicted octanol–water partition coefficient (Wildman–Crippen LogP) is 3.21. The van der Waals surface area contributed by atoms with Gasteiger partial charge in [-0.1, -0.05) is 36.4 Å². The molecule has 1 N–H and O–H groups in total. The molecule has 0 unspecified atom stereocenters. The smallest absolute Gasteiger partial charge is 0.308 e. The van der Waals surface area contributed by atoms with Crippen LogP contribution < -0.4 is 4.74 Å². The van der Waals surface area contributed by atoms with Gasteiger partial charge in [0.25, 0.3) is 0 Å². The molecule has 0 fully saturated rings. The van der Waals surface area contributed by atoms with Crippen LogP contribution in [0, 0.1) is 0 Å². The van der Waals surface area contributed by atoms with Gasteiger partial charge >= 0.3 is 5.97 Å². The summed E-state index contributed by atoms with van der Waals surface area (Å²) in [5.41, 5.74) is 1.04. The molecule has 0 aliphatic heterocycles. The molecule has 0 amide bonds. The Bertz CT molecular complexity index is 687. The van der Waals surface area contributed by atoms with Gasteiger partial charge in [0.15, 0.2) is 5.78 Å². The number of aromatic hydroxyl groups is 1. The lowest BCUT2D eigenvalue weighted by Crippen LogP contribution is -2.02. The molecule has 2 aromatic carbocycles. The van der Waals surface area contributed by atoms with E-state index in [-0.39, 0.29) is 22.8 Å². The highest BCUT2D eigenvalue weighted by molar-refractivity contribution is 6.08. The third-order valence-corrected chi connectivity index (χ3v) is 2.72. The molecule has 0 heterocycles. The first-order valence-corrected chi connectivity index (χ1v) is 6.35. The van der Waals surface area contributed by atoms with Crippen molar-refractivity contribution in [3.8, 4) is 11.5 Å². The molecular formula is C17H14O4. The minimum atomic E-state index is -0.488. The number of phenols is 1. The number of rotatable bonds is 4. The number of allylic oxidation sites excluding steroid dienone is 1. The molecule has 2 rings (SSSR count). The first kappa shape index (κ1) is 14.5. The van der Waals surface area contributed by atoms with Crippen molar-refractivity contribution >= 4 is 17.8 Å². The van der Waals surface area contributed by atoms with Gasteiger partial charge in [-0.3, -0.25) is 9.59 Å². The average molecular weight is 282 g/mol. The molecule has 4 nitrogen and oxygen atoms in total. The van der Waals surface area contributed by atoms with E-state index in [1.807, 2.05) is 30.3 Å². The molecule has 0 spiro atoms. The van der Waals surface area contributed by atoms with Crippen LogP contribution in [-0.4, -0.2) is 16.9 Å². The highest BCUT2D eigenvalue weighted by atomic mass is 16.5. The fourth-order valence-corrected chi connectivity index (χ4v) is 1.78. The number of ether oxygens (including phenoxy) is 1. The summed E-state index contributed by atoms with van der Waals surface area (Å²) >= 11 is 0. The summed E-state index contributed by atoms with van der Waals surface area (Å²) in [6.07, 6.45) is 3.05. The van der Waals surface area contributed by atoms with E-state index >= 15 is 0 Å². The predicted molar refractivity (Wildman–Crippen MR) is 79.2 cm³/mol. The maximum absolute atomic E-state index is 12.0. The first-order chi connectivity index (χ1) is 10.1. The Hall–Kier alpha value is -2.88. The third-order valence-electron chi connectivity index (χ3n) is 2.72. The number of hydrogen-bond acceptors (Lipinski definition) is 4. The van der Waals surface area contributed by atoms with Gasteiger partial charge in [-0.25, -0.2) is 0 Å². The highest BCUT2D eigenvalue weighted by Crippen LogP contribution is 2.24. The highest BCUT2D eigenvalue weighted by Gasteiger charge is 2.10. The first-order valence-electron chi connectivity index (χ1n) is 6.35. The van der Waals surface area contributed by atoms with Crippen LogP contribution in [0.1, 0.15) is 22.8 Å². The Balaban J connectivity index is 2.16. The van der Waals surface area contributed by atoms with Crippen molar-refractivity contribution in [3.05, 3.63) is 65.7 Å². The molecule has 4 heteroatoms. The van der Waals surface area contributed by atoms with Crippen LogP contribution in [0.5, 0.6) is 11.5 Å². The molecule has 0 aliphatic rings. The standard InChI is InChI=1S/C17H14O4/c1-12(18)21-14-8-9-15(17(20)11-14)16(19)10-7-13-5-3-2-4-6-13/h2-11,20H,1H3/b10-7+. The van der Waals surface area contributed by atoms with Crippen LogP contribution in [0.15, 0.2) is 54.6 Å². The van der Waals surface area contributed by atoms with Gasteiger partial charge in [0.05, 0.1) is 5.56 Å². The molecule has 2 aromatic rings. The Labute approximate surface area is 122 Å². The summed E-state index contributed by atoms with van der Waals surface area (Å²) < 4.78 is 4.83. The van der Waals surface area contributed by atoms with E-state index < -0.39 is 5.97 Å². The molecular weight excluding hydrogens is 268 g/mol. The fraction of sp³-hybridized carbons (Fsp3) is 0.0588. The second-order valence-electron chi connectivity index (χ2n) is 4.38. The molecule has 21 heavy (non-hydrogen) atoms. The number of carbonyl (C=O) groups excluding carboxylic acids is 2. The second-order valence-corrected chi connectivity index (χ2v) is 4.38. The van der Waals surface area contributed by atoms with Crippen molar-refractivity contribution in [1.82, 2.24) is 0 Å². The molecule has 0 radical (unpaired) electrons. The summed E-state index contributed by atoms with van der Waals surface area (Å²) in [6.45, 7) is 1.26. The minimum Gasteiger partial charge on any atom is -0.507 e. The van der Waals surface area contributed by atoms with Crippen molar-refractivity contribution in [2.24, 2.45) is 0 Å². The van der Waals surface area contributed by atoms with Gasteiger partial charge < -0.3 is 9.84 Å². The summed E-state index contributed by atoms with van der Waals surface area (Å²) in [4.78, 5) is 22.8. The molecule has 0 aliphatic carbocycles. The van der Waals surface area contributed by atoms with Crippen LogP contribution >= 0.6 is 0 Å². The van der Waals surface area contributed by atoms with Crippen LogP contribution in [0.2, 0.25) is 0 Å². The Morgan fingerprint density at radius 3 is 2.43 bits per heavy atom. The van der Waals surface area contributed by atoms with Gasteiger partial charge in [0, 0.05) is 13.0 Å². The lowest BCUT2D eigenvalue weighted by atomic mass is 10.1. The number of benzene rings is 2. The van der Waals surface area contributed by atoms with Crippen LogP contribution in [0.4, 0.5) is 0 Å². The van der Waals surface area contributed by atoms with E-state index in [4.69, 9.17) is 4.74 Å². The maximum Gasteiger partial charge on any atom is 0.308 e. The lowest BCUT2D eigenvalue weighted by Gasteiger charge is -2.04. The van der Waals surface area contributed by atoms with Crippen LogP contribution in [0.25, 0.3) is 6.08 Å². The summed E-state index contributed by atoms with van der Waals surface area (Å²) in [6, 6.07) is 13.5. The normalized spacial score (nSPS) is 10.5. The quantitative estimate of drug-likeness (QED) is 0.405. The van der Waals surface area contributed by atoms with E-state index in [2.05, 4.69) is 0 Å². The van der Waals surface area contributed by atoms with Crippen molar-refractivity contribution in [2.45, 2.75) is 6.92 Å². The van der Waals surface area contributed by atoms with Gasteiger partial charge in [0.2, 0.25) is 0 Å².